The molecule has 8 nitrogen and oxygen atoms in total. The van der Waals surface area contributed by atoms with Crippen molar-refractivity contribution in [1.82, 2.24) is 10.3 Å². The van der Waals surface area contributed by atoms with Gasteiger partial charge in [-0.3, -0.25) is 14.6 Å². The van der Waals surface area contributed by atoms with Crippen LogP contribution in [0.25, 0.3) is 11.1 Å². The summed E-state index contributed by atoms with van der Waals surface area (Å²) in [6.45, 7) is -0.224. The Kier molecular flexibility index (Phi) is 4.88. The summed E-state index contributed by atoms with van der Waals surface area (Å²) in [6.07, 6.45) is 2.97. The normalized spacial score (nSPS) is 9.91. The van der Waals surface area contributed by atoms with E-state index in [9.17, 15) is 14.4 Å². The third-order valence-electron chi connectivity index (χ3n) is 2.93. The van der Waals surface area contributed by atoms with Crippen LogP contribution in [0.15, 0.2) is 42.7 Å². The summed E-state index contributed by atoms with van der Waals surface area (Å²) in [4.78, 5) is 37.4. The zero-order valence-corrected chi connectivity index (χ0v) is 12.1. The molecule has 1 aromatic carbocycles. The fraction of sp³-hybridized carbons (Fsp3) is 0.0667. The molecule has 0 saturated heterocycles. The number of hydrogen-bond acceptors (Lipinski definition) is 4. The number of benzene rings is 1. The lowest BCUT2D eigenvalue weighted by atomic mass is 10.1. The summed E-state index contributed by atoms with van der Waals surface area (Å²) in [7, 11) is 0. The second-order valence-corrected chi connectivity index (χ2v) is 4.67. The number of hydrogen-bond donors (Lipinski definition) is 4. The van der Waals surface area contributed by atoms with Gasteiger partial charge in [-0.2, -0.15) is 0 Å². The summed E-state index contributed by atoms with van der Waals surface area (Å²) in [6, 6.07) is 7.79. The average molecular weight is 313 g/mol. The number of primary amides is 2. The third kappa shape index (κ3) is 4.53. The van der Waals surface area contributed by atoms with Crippen LogP contribution in [0.2, 0.25) is 0 Å². The number of nitrogens with zero attached hydrogens (tertiary/aromatic N) is 1. The van der Waals surface area contributed by atoms with Gasteiger partial charge in [0.2, 0.25) is 11.8 Å². The fourth-order valence-corrected chi connectivity index (χ4v) is 1.88. The minimum Gasteiger partial charge on any atom is -0.366 e. The molecular formula is C15H15N5O3. The monoisotopic (exact) mass is 313 g/mol. The van der Waals surface area contributed by atoms with E-state index in [1.54, 1.807) is 36.5 Å². The Morgan fingerprint density at radius 2 is 1.83 bits per heavy atom. The largest absolute Gasteiger partial charge is 0.366 e. The number of urea groups is 1. The van der Waals surface area contributed by atoms with E-state index in [-0.39, 0.29) is 6.54 Å². The number of nitrogens with two attached hydrogens (primary N) is 2. The molecule has 0 bridgehead atoms. The zero-order valence-electron chi connectivity index (χ0n) is 12.1. The van der Waals surface area contributed by atoms with E-state index < -0.39 is 17.8 Å². The van der Waals surface area contributed by atoms with E-state index in [2.05, 4.69) is 15.6 Å². The average Bonchev–Trinajstić information content (AvgIpc) is 2.53. The van der Waals surface area contributed by atoms with Crippen molar-refractivity contribution in [3.63, 3.8) is 0 Å². The molecule has 118 valence electrons. The van der Waals surface area contributed by atoms with Crippen LogP contribution in [0, 0.1) is 0 Å². The molecule has 6 N–H and O–H groups in total. The van der Waals surface area contributed by atoms with Gasteiger partial charge in [0.25, 0.3) is 0 Å². The van der Waals surface area contributed by atoms with Crippen LogP contribution in [-0.2, 0) is 4.79 Å². The van der Waals surface area contributed by atoms with Gasteiger partial charge in [-0.05, 0) is 23.8 Å². The number of anilines is 1. The smallest absolute Gasteiger partial charge is 0.312 e. The van der Waals surface area contributed by atoms with Gasteiger partial charge in [0.05, 0.1) is 12.1 Å². The van der Waals surface area contributed by atoms with Gasteiger partial charge in [0.15, 0.2) is 0 Å². The van der Waals surface area contributed by atoms with Crippen LogP contribution in [0.3, 0.4) is 0 Å². The molecule has 0 aliphatic heterocycles. The molecule has 0 aliphatic rings. The Hall–Kier alpha value is -3.42. The molecule has 0 saturated carbocycles. The van der Waals surface area contributed by atoms with E-state index in [0.29, 0.717) is 16.8 Å². The quantitative estimate of drug-likeness (QED) is 0.636. The predicted octanol–water partition coefficient (Wildman–Crippen LogP) is 0.454. The molecule has 0 unspecified atom stereocenters. The SMILES string of the molecule is NC(=O)NCC(=O)Nc1cccc(-c2cncc(C(N)=O)c2)c1. The van der Waals surface area contributed by atoms with Gasteiger partial charge in [-0.1, -0.05) is 12.1 Å². The third-order valence-corrected chi connectivity index (χ3v) is 2.93. The van der Waals surface area contributed by atoms with Crippen molar-refractivity contribution in [2.24, 2.45) is 11.5 Å². The molecule has 0 spiro atoms. The first-order valence-corrected chi connectivity index (χ1v) is 6.64. The van der Waals surface area contributed by atoms with Gasteiger partial charge >= 0.3 is 6.03 Å². The van der Waals surface area contributed by atoms with E-state index in [1.807, 2.05) is 0 Å². The lowest BCUT2D eigenvalue weighted by Gasteiger charge is -2.08. The number of aromatic nitrogens is 1. The van der Waals surface area contributed by atoms with E-state index in [1.165, 1.54) is 6.20 Å². The molecule has 0 radical (unpaired) electrons. The minimum atomic E-state index is -0.775. The summed E-state index contributed by atoms with van der Waals surface area (Å²) >= 11 is 0. The van der Waals surface area contributed by atoms with Crippen LogP contribution in [0.5, 0.6) is 0 Å². The summed E-state index contributed by atoms with van der Waals surface area (Å²) in [5.74, 6) is -0.980. The molecule has 23 heavy (non-hydrogen) atoms. The van der Waals surface area contributed by atoms with Gasteiger partial charge in [-0.25, -0.2) is 4.79 Å². The van der Waals surface area contributed by atoms with Crippen LogP contribution < -0.4 is 22.1 Å². The van der Waals surface area contributed by atoms with Gasteiger partial charge in [0.1, 0.15) is 0 Å². The number of amides is 4. The zero-order chi connectivity index (χ0) is 16.8. The molecule has 8 heteroatoms. The second kappa shape index (κ2) is 7.03. The Morgan fingerprint density at radius 3 is 2.52 bits per heavy atom. The Balaban J connectivity index is 2.16. The first kappa shape index (κ1) is 16.0. The first-order chi connectivity index (χ1) is 11.0. The van der Waals surface area contributed by atoms with Gasteiger partial charge in [0, 0.05) is 23.6 Å². The maximum absolute atomic E-state index is 11.7. The molecular weight excluding hydrogens is 298 g/mol. The first-order valence-electron chi connectivity index (χ1n) is 6.64. The molecule has 1 aromatic heterocycles. The summed E-state index contributed by atoms with van der Waals surface area (Å²) in [5, 5.41) is 4.82. The lowest BCUT2D eigenvalue weighted by Crippen LogP contribution is -2.36. The van der Waals surface area contributed by atoms with Crippen LogP contribution in [0.4, 0.5) is 10.5 Å². The summed E-state index contributed by atoms with van der Waals surface area (Å²) < 4.78 is 0. The van der Waals surface area contributed by atoms with Crippen molar-refractivity contribution >= 4 is 23.5 Å². The molecule has 0 fully saturated rings. The van der Waals surface area contributed by atoms with Crippen LogP contribution in [-0.4, -0.2) is 29.4 Å². The van der Waals surface area contributed by atoms with Gasteiger partial charge < -0.3 is 22.1 Å². The molecule has 2 aromatic rings. The number of carbonyl (C=O) groups excluding carboxylic acids is 3. The lowest BCUT2D eigenvalue weighted by molar-refractivity contribution is -0.115. The highest BCUT2D eigenvalue weighted by atomic mass is 16.2. The Morgan fingerprint density at radius 1 is 1.04 bits per heavy atom. The van der Waals surface area contributed by atoms with Crippen LogP contribution in [0.1, 0.15) is 10.4 Å². The molecule has 0 atom stereocenters. The number of rotatable bonds is 5. The molecule has 0 aliphatic carbocycles. The van der Waals surface area contributed by atoms with Crippen molar-refractivity contribution in [3.05, 3.63) is 48.3 Å². The van der Waals surface area contributed by atoms with Crippen molar-refractivity contribution in [2.75, 3.05) is 11.9 Å². The number of nitrogens with one attached hydrogen (secondary N) is 2. The number of pyridine rings is 1. The van der Waals surface area contributed by atoms with Crippen LogP contribution >= 0.6 is 0 Å². The topological polar surface area (TPSA) is 140 Å². The van der Waals surface area contributed by atoms with E-state index >= 15 is 0 Å². The number of carbonyl (C=O) groups is 3. The van der Waals surface area contributed by atoms with E-state index in [0.717, 1.165) is 5.56 Å². The second-order valence-electron chi connectivity index (χ2n) is 4.67. The minimum absolute atomic E-state index is 0.224. The van der Waals surface area contributed by atoms with E-state index in [4.69, 9.17) is 11.5 Å². The highest BCUT2D eigenvalue weighted by molar-refractivity contribution is 5.95. The fourth-order valence-electron chi connectivity index (χ4n) is 1.88. The Labute approximate surface area is 131 Å². The van der Waals surface area contributed by atoms with Crippen molar-refractivity contribution < 1.29 is 14.4 Å². The highest BCUT2D eigenvalue weighted by Crippen LogP contribution is 2.22. The summed E-state index contributed by atoms with van der Waals surface area (Å²) in [5.41, 5.74) is 12.4. The Bertz CT molecular complexity index is 760. The van der Waals surface area contributed by atoms with Gasteiger partial charge in [-0.15, -0.1) is 0 Å². The predicted molar refractivity (Wildman–Crippen MR) is 84.4 cm³/mol. The maximum Gasteiger partial charge on any atom is 0.312 e. The highest BCUT2D eigenvalue weighted by Gasteiger charge is 2.07. The molecule has 1 heterocycles. The van der Waals surface area contributed by atoms with Crippen molar-refractivity contribution in [1.29, 1.82) is 0 Å². The standard InChI is InChI=1S/C15H15N5O3/c16-14(22)11-4-10(6-18-7-11)9-2-1-3-12(5-9)20-13(21)8-19-15(17)23/h1-7H,8H2,(H2,16,22)(H,20,21)(H3,17,19,23). The molecule has 2 rings (SSSR count). The maximum atomic E-state index is 11.7. The molecule has 4 amide bonds. The van der Waals surface area contributed by atoms with Crippen molar-refractivity contribution in [3.8, 4) is 11.1 Å². The van der Waals surface area contributed by atoms with Crippen molar-refractivity contribution in [2.45, 2.75) is 0 Å².